The highest BCUT2D eigenvalue weighted by Crippen LogP contribution is 2.32. The van der Waals surface area contributed by atoms with Gasteiger partial charge < -0.3 is 9.73 Å². The van der Waals surface area contributed by atoms with Crippen LogP contribution in [-0.2, 0) is 0 Å². The maximum Gasteiger partial charge on any atom is 0.152 e. The first-order chi connectivity index (χ1) is 10.2. The average molecular weight is 301 g/mol. The van der Waals surface area contributed by atoms with E-state index >= 15 is 0 Å². The molecule has 1 aromatic carbocycles. The minimum absolute atomic E-state index is 0.0698. The summed E-state index contributed by atoms with van der Waals surface area (Å²) in [6, 6.07) is 11.7. The number of furan rings is 1. The van der Waals surface area contributed by atoms with Crippen LogP contribution in [0.3, 0.4) is 0 Å². The Morgan fingerprint density at radius 1 is 1.29 bits per heavy atom. The largest absolute Gasteiger partial charge is 0.457 e. The Morgan fingerprint density at radius 3 is 2.86 bits per heavy atom. The topological polar surface area (TPSA) is 38.1 Å². The number of hydrogen-bond acceptors (Lipinski definition) is 3. The molecule has 3 nitrogen and oxygen atoms in total. The maximum atomic E-state index is 6.20. The summed E-state index contributed by atoms with van der Waals surface area (Å²) in [6.45, 7) is 4.95. The predicted molar refractivity (Wildman–Crippen MR) is 85.7 cm³/mol. The van der Waals surface area contributed by atoms with Crippen LogP contribution in [0.5, 0.6) is 0 Å². The Morgan fingerprint density at radius 2 is 2.14 bits per heavy atom. The van der Waals surface area contributed by atoms with Gasteiger partial charge in [0.1, 0.15) is 11.8 Å². The molecule has 1 N–H and O–H groups in total. The van der Waals surface area contributed by atoms with E-state index in [4.69, 9.17) is 16.0 Å². The first-order valence-electron chi connectivity index (χ1n) is 7.03. The number of fused-ring (bicyclic) bond motifs is 1. The Bertz CT molecular complexity index is 766. The van der Waals surface area contributed by atoms with Gasteiger partial charge in [-0.1, -0.05) is 36.7 Å². The van der Waals surface area contributed by atoms with Crippen molar-refractivity contribution in [3.63, 3.8) is 0 Å². The third kappa shape index (κ3) is 2.67. The number of benzene rings is 1. The predicted octanol–water partition coefficient (Wildman–Crippen LogP) is 4.49. The van der Waals surface area contributed by atoms with Crippen molar-refractivity contribution in [2.24, 2.45) is 0 Å². The maximum absolute atomic E-state index is 6.20. The van der Waals surface area contributed by atoms with Crippen LogP contribution in [0.25, 0.3) is 11.0 Å². The molecule has 1 unspecified atom stereocenters. The minimum atomic E-state index is -0.0698. The van der Waals surface area contributed by atoms with E-state index in [2.05, 4.69) is 30.2 Å². The van der Waals surface area contributed by atoms with Crippen molar-refractivity contribution in [1.82, 2.24) is 10.3 Å². The number of hydrogen-bond donors (Lipinski definition) is 1. The van der Waals surface area contributed by atoms with Crippen LogP contribution in [0.1, 0.15) is 30.0 Å². The van der Waals surface area contributed by atoms with Crippen LogP contribution in [0, 0.1) is 6.92 Å². The molecule has 0 saturated heterocycles. The van der Waals surface area contributed by atoms with Gasteiger partial charge in [-0.05, 0) is 37.2 Å². The Labute approximate surface area is 128 Å². The Kier molecular flexibility index (Phi) is 3.95. The summed E-state index contributed by atoms with van der Waals surface area (Å²) in [5.41, 5.74) is 2.84. The van der Waals surface area contributed by atoms with Crippen molar-refractivity contribution in [3.8, 4) is 0 Å². The molecule has 0 saturated carbocycles. The van der Waals surface area contributed by atoms with Gasteiger partial charge in [0.2, 0.25) is 0 Å². The fourth-order valence-electron chi connectivity index (χ4n) is 2.53. The summed E-state index contributed by atoms with van der Waals surface area (Å²) in [6.07, 6.45) is 1.81. The van der Waals surface area contributed by atoms with E-state index < -0.39 is 0 Å². The third-order valence-electron chi connectivity index (χ3n) is 3.53. The van der Waals surface area contributed by atoms with E-state index in [1.807, 2.05) is 36.5 Å². The summed E-state index contributed by atoms with van der Waals surface area (Å²) in [5.74, 6) is 0.835. The van der Waals surface area contributed by atoms with Crippen molar-refractivity contribution in [1.29, 1.82) is 0 Å². The molecule has 3 rings (SSSR count). The second-order valence-corrected chi connectivity index (χ2v) is 5.41. The van der Waals surface area contributed by atoms with E-state index in [1.54, 1.807) is 0 Å². The van der Waals surface area contributed by atoms with Crippen molar-refractivity contribution >= 4 is 22.6 Å². The molecule has 21 heavy (non-hydrogen) atoms. The molecule has 0 fully saturated rings. The molecule has 0 amide bonds. The van der Waals surface area contributed by atoms with Crippen molar-refractivity contribution in [2.75, 3.05) is 6.54 Å². The summed E-state index contributed by atoms with van der Waals surface area (Å²) >= 11 is 6.20. The number of aryl methyl sites for hydroxylation is 1. The van der Waals surface area contributed by atoms with Gasteiger partial charge in [0, 0.05) is 11.6 Å². The molecule has 0 aliphatic carbocycles. The van der Waals surface area contributed by atoms with E-state index in [0.29, 0.717) is 5.02 Å². The van der Waals surface area contributed by atoms with Crippen molar-refractivity contribution in [3.05, 3.63) is 64.6 Å². The van der Waals surface area contributed by atoms with Crippen LogP contribution < -0.4 is 5.32 Å². The van der Waals surface area contributed by atoms with E-state index in [0.717, 1.165) is 34.5 Å². The molecule has 4 heteroatoms. The first-order valence-corrected chi connectivity index (χ1v) is 7.41. The summed E-state index contributed by atoms with van der Waals surface area (Å²) in [5, 5.41) is 5.08. The van der Waals surface area contributed by atoms with Gasteiger partial charge >= 0.3 is 0 Å². The zero-order valence-electron chi connectivity index (χ0n) is 12.1. The molecule has 2 heterocycles. The second kappa shape index (κ2) is 5.88. The molecule has 3 aromatic rings. The zero-order valence-corrected chi connectivity index (χ0v) is 12.8. The van der Waals surface area contributed by atoms with Crippen molar-refractivity contribution in [2.45, 2.75) is 19.9 Å². The van der Waals surface area contributed by atoms with E-state index in [9.17, 15) is 0 Å². The highest BCUT2D eigenvalue weighted by Gasteiger charge is 2.21. The van der Waals surface area contributed by atoms with Crippen LogP contribution >= 0.6 is 11.6 Å². The third-order valence-corrected chi connectivity index (χ3v) is 3.83. The zero-order chi connectivity index (χ0) is 14.8. The van der Waals surface area contributed by atoms with Gasteiger partial charge in [0.25, 0.3) is 0 Å². The molecule has 108 valence electrons. The highest BCUT2D eigenvalue weighted by molar-refractivity contribution is 6.34. The monoisotopic (exact) mass is 300 g/mol. The molecule has 0 aliphatic heterocycles. The quantitative estimate of drug-likeness (QED) is 0.771. The highest BCUT2D eigenvalue weighted by atomic mass is 35.5. The van der Waals surface area contributed by atoms with Gasteiger partial charge in [-0.15, -0.1) is 0 Å². The summed E-state index contributed by atoms with van der Waals surface area (Å²) < 4.78 is 5.99. The normalized spacial score (nSPS) is 12.7. The second-order valence-electron chi connectivity index (χ2n) is 5.00. The van der Waals surface area contributed by atoms with Gasteiger partial charge in [-0.25, -0.2) is 0 Å². The van der Waals surface area contributed by atoms with Crippen LogP contribution in [0.15, 0.2) is 47.0 Å². The number of rotatable bonds is 4. The molecule has 0 aliphatic rings. The number of halogens is 1. The molecule has 0 radical (unpaired) electrons. The van der Waals surface area contributed by atoms with Crippen LogP contribution in [0.2, 0.25) is 5.02 Å². The fraction of sp³-hybridized carbons (Fsp3) is 0.235. The molecule has 0 spiro atoms. The average Bonchev–Trinajstić information content (AvgIpc) is 2.91. The minimum Gasteiger partial charge on any atom is -0.457 e. The van der Waals surface area contributed by atoms with Gasteiger partial charge in [-0.3, -0.25) is 4.98 Å². The molecule has 0 bridgehead atoms. The van der Waals surface area contributed by atoms with Gasteiger partial charge in [0.05, 0.1) is 10.7 Å². The molecule has 2 aromatic heterocycles. The van der Waals surface area contributed by atoms with Gasteiger partial charge in [0.15, 0.2) is 5.58 Å². The number of para-hydroxylation sites is 1. The summed E-state index contributed by atoms with van der Waals surface area (Å²) in [4.78, 5) is 4.51. The first kappa shape index (κ1) is 14.1. The smallest absolute Gasteiger partial charge is 0.152 e. The van der Waals surface area contributed by atoms with E-state index in [1.165, 1.54) is 0 Å². The van der Waals surface area contributed by atoms with Crippen molar-refractivity contribution < 1.29 is 4.42 Å². The Balaban J connectivity index is 2.11. The van der Waals surface area contributed by atoms with Gasteiger partial charge in [-0.2, -0.15) is 0 Å². The van der Waals surface area contributed by atoms with Crippen LogP contribution in [0.4, 0.5) is 0 Å². The van der Waals surface area contributed by atoms with Crippen LogP contribution in [-0.4, -0.2) is 11.5 Å². The Hall–Kier alpha value is -1.84. The lowest BCUT2D eigenvalue weighted by atomic mass is 10.1. The number of nitrogens with one attached hydrogen (secondary N) is 1. The number of nitrogens with zero attached hydrogens (tertiary/aromatic N) is 1. The lowest BCUT2D eigenvalue weighted by Crippen LogP contribution is -2.23. The SMILES string of the molecule is CCNC(c1cc2cccc(Cl)c2o1)c1ncccc1C. The molecular formula is C17H17ClN2O. The lowest BCUT2D eigenvalue weighted by molar-refractivity contribution is 0.470. The number of aromatic nitrogens is 1. The lowest BCUT2D eigenvalue weighted by Gasteiger charge is -2.16. The molecule has 1 atom stereocenters. The standard InChI is InChI=1S/C17H17ClN2O/c1-3-19-16(15-11(2)6-5-9-20-15)14-10-12-7-4-8-13(18)17(12)21-14/h4-10,16,19H,3H2,1-2H3. The number of pyridine rings is 1. The molecular weight excluding hydrogens is 284 g/mol. The fourth-order valence-corrected chi connectivity index (χ4v) is 2.75. The van der Waals surface area contributed by atoms with E-state index in [-0.39, 0.29) is 6.04 Å². The summed E-state index contributed by atoms with van der Waals surface area (Å²) in [7, 11) is 0.